The molecule has 0 aromatic rings. The first-order valence-corrected chi connectivity index (χ1v) is 3.12. The number of hydrogen-bond acceptors (Lipinski definition) is 3. The second-order valence-corrected chi connectivity index (χ2v) is 2.06. The van der Waals surface area contributed by atoms with Gasteiger partial charge < -0.3 is 10.8 Å². The Bertz CT molecular complexity index is 91.1. The van der Waals surface area contributed by atoms with E-state index in [1.807, 2.05) is 6.92 Å². The third-order valence-corrected chi connectivity index (χ3v) is 0.966. The highest BCUT2D eigenvalue weighted by Gasteiger charge is 2.03. The summed E-state index contributed by atoms with van der Waals surface area (Å²) in [6.45, 7) is 1.92. The Labute approximate surface area is 54.9 Å². The van der Waals surface area contributed by atoms with E-state index in [9.17, 15) is 4.79 Å². The Morgan fingerprint density at radius 2 is 2.33 bits per heavy atom. The highest BCUT2D eigenvalue weighted by atomic mass is 16.3. The van der Waals surface area contributed by atoms with Crippen molar-refractivity contribution in [2.75, 3.05) is 0 Å². The van der Waals surface area contributed by atoms with Gasteiger partial charge in [-0.05, 0) is 6.42 Å². The van der Waals surface area contributed by atoms with Gasteiger partial charge in [0.2, 0.25) is 0 Å². The van der Waals surface area contributed by atoms with Crippen molar-refractivity contribution in [1.82, 2.24) is 0 Å². The average Bonchev–Trinajstić information content (AvgIpc) is 1.63. The molecular formula is C6H13NO2. The normalized spacial score (nSPS) is 13.2. The van der Waals surface area contributed by atoms with E-state index in [1.165, 1.54) is 0 Å². The summed E-state index contributed by atoms with van der Waals surface area (Å²) in [7, 11) is 0. The molecule has 0 bridgehead atoms. The lowest BCUT2D eigenvalue weighted by atomic mass is 10.2. The van der Waals surface area contributed by atoms with Crippen molar-refractivity contribution < 1.29 is 9.90 Å². The summed E-state index contributed by atoms with van der Waals surface area (Å²) in [6, 6.07) is 0. The van der Waals surface area contributed by atoms with Gasteiger partial charge in [0.25, 0.3) is 0 Å². The fourth-order valence-corrected chi connectivity index (χ4v) is 0.614. The van der Waals surface area contributed by atoms with Gasteiger partial charge in [-0.3, -0.25) is 4.79 Å². The van der Waals surface area contributed by atoms with Crippen LogP contribution in [0.3, 0.4) is 0 Å². The van der Waals surface area contributed by atoms with Crippen LogP contribution in [0, 0.1) is 0 Å². The molecule has 3 nitrogen and oxygen atoms in total. The molecule has 0 rings (SSSR count). The molecule has 0 aliphatic rings. The lowest BCUT2D eigenvalue weighted by molar-refractivity contribution is -0.120. The maximum atomic E-state index is 10.6. The molecule has 0 radical (unpaired) electrons. The summed E-state index contributed by atoms with van der Waals surface area (Å²) in [5.41, 5.74) is 4.96. The molecule has 0 fully saturated rings. The van der Waals surface area contributed by atoms with Gasteiger partial charge in [-0.15, -0.1) is 0 Å². The molecular weight excluding hydrogens is 118 g/mol. The van der Waals surface area contributed by atoms with Gasteiger partial charge in [-0.2, -0.15) is 0 Å². The number of carbonyl (C=O) groups is 1. The van der Waals surface area contributed by atoms with Crippen LogP contribution in [0.25, 0.3) is 0 Å². The maximum absolute atomic E-state index is 10.6. The largest absolute Gasteiger partial charge is 0.378 e. The van der Waals surface area contributed by atoms with Crippen molar-refractivity contribution in [3.05, 3.63) is 0 Å². The summed E-state index contributed by atoms with van der Waals surface area (Å²) in [6.07, 6.45) is 0.470. The Hall–Kier alpha value is -0.410. The van der Waals surface area contributed by atoms with Crippen molar-refractivity contribution >= 4 is 5.78 Å². The average molecular weight is 131 g/mol. The number of Topliss-reactive ketones (excluding diaryl/α,β-unsaturated/α-hetero) is 1. The number of hydrogen-bond donors (Lipinski definition) is 2. The SMILES string of the molecule is CCCC(=O)CC(N)O. The van der Waals surface area contributed by atoms with Crippen LogP contribution in [0.1, 0.15) is 26.2 Å². The molecule has 9 heavy (non-hydrogen) atoms. The molecule has 0 amide bonds. The van der Waals surface area contributed by atoms with Gasteiger partial charge in [0.15, 0.2) is 0 Å². The molecule has 3 N–H and O–H groups in total. The first-order valence-electron chi connectivity index (χ1n) is 3.12. The Morgan fingerprint density at radius 1 is 1.78 bits per heavy atom. The summed E-state index contributed by atoms with van der Waals surface area (Å²) >= 11 is 0. The molecule has 0 heterocycles. The third-order valence-electron chi connectivity index (χ3n) is 0.966. The van der Waals surface area contributed by atoms with Crippen LogP contribution in [0.5, 0.6) is 0 Å². The lowest BCUT2D eigenvalue weighted by Gasteiger charge is -2.00. The molecule has 3 heteroatoms. The van der Waals surface area contributed by atoms with Crippen molar-refractivity contribution in [2.45, 2.75) is 32.4 Å². The van der Waals surface area contributed by atoms with Crippen molar-refractivity contribution in [2.24, 2.45) is 5.73 Å². The van der Waals surface area contributed by atoms with Gasteiger partial charge >= 0.3 is 0 Å². The van der Waals surface area contributed by atoms with Crippen molar-refractivity contribution in [1.29, 1.82) is 0 Å². The van der Waals surface area contributed by atoms with Gasteiger partial charge in [0.05, 0.1) is 0 Å². The van der Waals surface area contributed by atoms with E-state index in [1.54, 1.807) is 0 Å². The molecule has 1 atom stereocenters. The van der Waals surface area contributed by atoms with E-state index < -0.39 is 6.23 Å². The van der Waals surface area contributed by atoms with Gasteiger partial charge in [-0.25, -0.2) is 0 Å². The van der Waals surface area contributed by atoms with Crippen molar-refractivity contribution in [3.8, 4) is 0 Å². The maximum Gasteiger partial charge on any atom is 0.136 e. The number of aliphatic hydroxyl groups is 1. The minimum absolute atomic E-state index is 0.0347. The topological polar surface area (TPSA) is 63.3 Å². The lowest BCUT2D eigenvalue weighted by Crippen LogP contribution is -2.22. The number of aliphatic hydroxyl groups excluding tert-OH is 1. The number of nitrogens with two attached hydrogens (primary N) is 1. The van der Waals surface area contributed by atoms with Crippen LogP contribution in [-0.4, -0.2) is 17.1 Å². The number of carbonyl (C=O) groups excluding carboxylic acids is 1. The third kappa shape index (κ3) is 5.46. The van der Waals surface area contributed by atoms with Crippen molar-refractivity contribution in [3.63, 3.8) is 0 Å². The quantitative estimate of drug-likeness (QED) is 0.529. The summed E-state index contributed by atoms with van der Waals surface area (Å²) in [5, 5.41) is 8.51. The van der Waals surface area contributed by atoms with E-state index in [0.717, 1.165) is 6.42 Å². The second-order valence-electron chi connectivity index (χ2n) is 2.06. The molecule has 54 valence electrons. The standard InChI is InChI=1S/C6H13NO2/c1-2-3-5(8)4-6(7)9/h6,9H,2-4,7H2,1H3. The molecule has 0 aliphatic heterocycles. The first-order chi connectivity index (χ1) is 4.16. The predicted molar refractivity (Wildman–Crippen MR) is 34.7 cm³/mol. The molecule has 0 aromatic heterocycles. The smallest absolute Gasteiger partial charge is 0.136 e. The summed E-state index contributed by atoms with van der Waals surface area (Å²) in [4.78, 5) is 10.6. The Balaban J connectivity index is 3.27. The van der Waals surface area contributed by atoms with E-state index in [4.69, 9.17) is 10.8 Å². The summed E-state index contributed by atoms with van der Waals surface area (Å²) in [5.74, 6) is 0.0347. The zero-order valence-corrected chi connectivity index (χ0v) is 5.63. The minimum Gasteiger partial charge on any atom is -0.378 e. The fraction of sp³-hybridized carbons (Fsp3) is 0.833. The van der Waals surface area contributed by atoms with Gasteiger partial charge in [0.1, 0.15) is 12.0 Å². The molecule has 0 aliphatic carbocycles. The molecule has 0 aromatic carbocycles. The monoisotopic (exact) mass is 131 g/mol. The van der Waals surface area contributed by atoms with Crippen LogP contribution >= 0.6 is 0 Å². The van der Waals surface area contributed by atoms with E-state index in [2.05, 4.69) is 0 Å². The zero-order valence-electron chi connectivity index (χ0n) is 5.63. The molecule has 1 unspecified atom stereocenters. The Kier molecular flexibility index (Phi) is 4.26. The molecule has 0 spiro atoms. The highest BCUT2D eigenvalue weighted by Crippen LogP contribution is 1.94. The summed E-state index contributed by atoms with van der Waals surface area (Å²) < 4.78 is 0. The first kappa shape index (κ1) is 8.59. The Morgan fingerprint density at radius 3 is 2.67 bits per heavy atom. The number of rotatable bonds is 4. The van der Waals surface area contributed by atoms with Crippen LogP contribution in [-0.2, 0) is 4.79 Å². The van der Waals surface area contributed by atoms with Crippen LogP contribution in [0.4, 0.5) is 0 Å². The van der Waals surface area contributed by atoms with Crippen LogP contribution < -0.4 is 5.73 Å². The van der Waals surface area contributed by atoms with E-state index in [-0.39, 0.29) is 12.2 Å². The van der Waals surface area contributed by atoms with Crippen LogP contribution in [0.2, 0.25) is 0 Å². The zero-order chi connectivity index (χ0) is 7.28. The van der Waals surface area contributed by atoms with Gasteiger partial charge in [0, 0.05) is 12.8 Å². The second kappa shape index (κ2) is 4.47. The van der Waals surface area contributed by atoms with Crippen LogP contribution in [0.15, 0.2) is 0 Å². The van der Waals surface area contributed by atoms with E-state index in [0.29, 0.717) is 6.42 Å². The minimum atomic E-state index is -0.968. The van der Waals surface area contributed by atoms with Gasteiger partial charge in [-0.1, -0.05) is 6.92 Å². The molecule has 0 saturated carbocycles. The molecule has 0 saturated heterocycles. The van der Waals surface area contributed by atoms with E-state index >= 15 is 0 Å². The highest BCUT2D eigenvalue weighted by molar-refractivity contribution is 5.78. The number of ketones is 1. The fourth-order valence-electron chi connectivity index (χ4n) is 0.614. The predicted octanol–water partition coefficient (Wildman–Crippen LogP) is 0.0228.